The van der Waals surface area contributed by atoms with Gasteiger partial charge in [0.15, 0.2) is 0 Å². The summed E-state index contributed by atoms with van der Waals surface area (Å²) in [5.74, 6) is -1.34. The Morgan fingerprint density at radius 2 is 1.66 bits per heavy atom. The van der Waals surface area contributed by atoms with E-state index in [4.69, 9.17) is 4.74 Å². The van der Waals surface area contributed by atoms with Crippen molar-refractivity contribution in [2.45, 2.75) is 24.8 Å². The Kier molecular flexibility index (Phi) is 6.46. The minimum atomic E-state index is -0.987. The van der Waals surface area contributed by atoms with Gasteiger partial charge in [-0.3, -0.25) is 10.1 Å². The van der Waals surface area contributed by atoms with Gasteiger partial charge in [0.25, 0.3) is 5.91 Å². The number of carboxylic acid groups (broad SMARTS) is 1. The van der Waals surface area contributed by atoms with Gasteiger partial charge in [-0.05, 0) is 75.9 Å². The first-order valence-electron chi connectivity index (χ1n) is 11.4. The highest BCUT2D eigenvalue weighted by Crippen LogP contribution is 2.44. The van der Waals surface area contributed by atoms with Crippen LogP contribution in [0.5, 0.6) is 0 Å². The molecule has 0 saturated carbocycles. The van der Waals surface area contributed by atoms with E-state index in [-0.39, 0.29) is 18.4 Å². The first-order valence-corrected chi connectivity index (χ1v) is 12.5. The minimum Gasteiger partial charge on any atom is -0.480 e. The number of nitrogens with zero attached hydrogens (tertiary/aromatic N) is 1. The first kappa shape index (κ1) is 23.3. The van der Waals surface area contributed by atoms with Crippen molar-refractivity contribution in [3.8, 4) is 11.1 Å². The molecule has 2 N–H and O–H groups in total. The summed E-state index contributed by atoms with van der Waals surface area (Å²) >= 11 is 2.04. The van der Waals surface area contributed by atoms with Crippen molar-refractivity contribution in [2.24, 2.45) is 0 Å². The highest BCUT2D eigenvalue weighted by atomic mass is 127. The number of rotatable bonds is 5. The zero-order valence-corrected chi connectivity index (χ0v) is 20.9. The molecule has 0 bridgehead atoms. The maximum absolute atomic E-state index is 12.8. The molecule has 1 aliphatic heterocycles. The van der Waals surface area contributed by atoms with Crippen molar-refractivity contribution in [3.63, 3.8) is 0 Å². The average Bonchev–Trinajstić information content (AvgIpc) is 3.47. The van der Waals surface area contributed by atoms with Gasteiger partial charge < -0.3 is 14.7 Å². The number of aliphatic carboxylic acids is 1. The van der Waals surface area contributed by atoms with Crippen molar-refractivity contribution in [2.75, 3.05) is 18.5 Å². The Morgan fingerprint density at radius 1 is 1.00 bits per heavy atom. The molecule has 7 nitrogen and oxygen atoms in total. The number of amides is 2. The lowest BCUT2D eigenvalue weighted by Crippen LogP contribution is -2.40. The number of hydrogen-bond acceptors (Lipinski definition) is 4. The maximum Gasteiger partial charge on any atom is 0.411 e. The van der Waals surface area contributed by atoms with Crippen LogP contribution >= 0.6 is 22.6 Å². The number of carbonyl (C=O) groups excluding carboxylic acids is 2. The van der Waals surface area contributed by atoms with Gasteiger partial charge in [0, 0.05) is 21.6 Å². The number of nitrogens with one attached hydrogen (secondary N) is 1. The molecule has 1 saturated heterocycles. The molecular formula is C27H23IN2O5. The Bertz CT molecular complexity index is 1280. The minimum absolute atomic E-state index is 0.0325. The molecule has 3 aromatic carbocycles. The highest BCUT2D eigenvalue weighted by Gasteiger charge is 2.34. The molecule has 1 unspecified atom stereocenters. The van der Waals surface area contributed by atoms with Crippen molar-refractivity contribution in [3.05, 3.63) is 87.0 Å². The van der Waals surface area contributed by atoms with Gasteiger partial charge in [0.1, 0.15) is 12.6 Å². The maximum atomic E-state index is 12.8. The Morgan fingerprint density at radius 3 is 2.29 bits per heavy atom. The summed E-state index contributed by atoms with van der Waals surface area (Å²) < 4.78 is 6.26. The first-order chi connectivity index (χ1) is 16.9. The largest absolute Gasteiger partial charge is 0.480 e. The molecule has 178 valence electrons. The van der Waals surface area contributed by atoms with Gasteiger partial charge in [0.2, 0.25) is 0 Å². The van der Waals surface area contributed by atoms with Crippen LogP contribution < -0.4 is 5.32 Å². The van der Waals surface area contributed by atoms with Crippen LogP contribution in [0.25, 0.3) is 11.1 Å². The number of likely N-dealkylation sites (tertiary alicyclic amines) is 1. The van der Waals surface area contributed by atoms with Gasteiger partial charge in [-0.2, -0.15) is 0 Å². The number of carboxylic acids is 1. The zero-order valence-electron chi connectivity index (χ0n) is 18.7. The number of carbonyl (C=O) groups is 3. The molecule has 1 fully saturated rings. The van der Waals surface area contributed by atoms with E-state index in [2.05, 4.69) is 29.6 Å². The van der Waals surface area contributed by atoms with E-state index in [1.807, 2.05) is 46.9 Å². The number of ether oxygens (including phenoxy) is 1. The Labute approximate surface area is 216 Å². The van der Waals surface area contributed by atoms with E-state index in [1.165, 1.54) is 4.90 Å². The smallest absolute Gasteiger partial charge is 0.411 e. The van der Waals surface area contributed by atoms with Crippen molar-refractivity contribution in [1.82, 2.24) is 4.90 Å². The molecule has 0 aromatic heterocycles. The summed E-state index contributed by atoms with van der Waals surface area (Å²) in [6, 6.07) is 20.4. The SMILES string of the molecule is O=C(Nc1ccc(C(=O)N2CCCC2C(=O)O)cc1I)OCC1c2ccccc2-c2ccccc21. The normalized spacial score (nSPS) is 16.5. The summed E-state index contributed by atoms with van der Waals surface area (Å²) in [5.41, 5.74) is 5.52. The lowest BCUT2D eigenvalue weighted by molar-refractivity contribution is -0.141. The van der Waals surface area contributed by atoms with Gasteiger partial charge in [-0.15, -0.1) is 0 Å². The second-order valence-electron chi connectivity index (χ2n) is 8.64. The molecule has 0 radical (unpaired) electrons. The van der Waals surface area contributed by atoms with E-state index in [0.29, 0.717) is 34.2 Å². The fraction of sp³-hybridized carbons (Fsp3) is 0.222. The van der Waals surface area contributed by atoms with Crippen molar-refractivity contribution >= 4 is 46.2 Å². The van der Waals surface area contributed by atoms with Crippen molar-refractivity contribution < 1.29 is 24.2 Å². The molecule has 8 heteroatoms. The second kappa shape index (κ2) is 9.69. The molecule has 1 aliphatic carbocycles. The Balaban J connectivity index is 1.25. The predicted molar refractivity (Wildman–Crippen MR) is 140 cm³/mol. The Hall–Kier alpha value is -3.40. The standard InChI is InChI=1S/C27H23IN2O5/c28-22-14-16(25(31)30-13-5-10-24(30)26(32)33)11-12-23(22)29-27(34)35-15-21-19-8-3-1-6-17(19)18-7-2-4-9-20(18)21/h1-4,6-9,11-12,14,21,24H,5,10,13,15H2,(H,29,34)(H,32,33). The van der Waals surface area contributed by atoms with E-state index < -0.39 is 18.1 Å². The quantitative estimate of drug-likeness (QED) is 0.396. The molecular weight excluding hydrogens is 559 g/mol. The third-order valence-corrected chi connectivity index (χ3v) is 7.49. The van der Waals surface area contributed by atoms with Crippen LogP contribution in [0.15, 0.2) is 66.7 Å². The van der Waals surface area contributed by atoms with E-state index in [9.17, 15) is 19.5 Å². The number of benzene rings is 3. The summed E-state index contributed by atoms with van der Waals surface area (Å²) in [7, 11) is 0. The summed E-state index contributed by atoms with van der Waals surface area (Å²) in [6.45, 7) is 0.630. The summed E-state index contributed by atoms with van der Waals surface area (Å²) in [4.78, 5) is 38.3. The molecule has 0 spiro atoms. The fourth-order valence-corrected chi connectivity index (χ4v) is 5.58. The number of halogens is 1. The van der Waals surface area contributed by atoms with Crippen LogP contribution in [0.3, 0.4) is 0 Å². The van der Waals surface area contributed by atoms with Gasteiger partial charge in [0.05, 0.1) is 5.69 Å². The fourth-order valence-electron chi connectivity index (χ4n) is 4.93. The van der Waals surface area contributed by atoms with E-state index in [1.54, 1.807) is 18.2 Å². The second-order valence-corrected chi connectivity index (χ2v) is 9.80. The number of fused-ring (bicyclic) bond motifs is 3. The predicted octanol–water partition coefficient (Wildman–Crippen LogP) is 5.34. The lowest BCUT2D eigenvalue weighted by Gasteiger charge is -2.21. The van der Waals surface area contributed by atoms with Crippen LogP contribution in [-0.2, 0) is 9.53 Å². The summed E-state index contributed by atoms with van der Waals surface area (Å²) in [6.07, 6.45) is 0.551. The van der Waals surface area contributed by atoms with Crippen molar-refractivity contribution in [1.29, 1.82) is 0 Å². The topological polar surface area (TPSA) is 95.9 Å². The van der Waals surface area contributed by atoms with Gasteiger partial charge in [-0.1, -0.05) is 48.5 Å². The van der Waals surface area contributed by atoms with Crippen LogP contribution in [0.1, 0.15) is 40.2 Å². The van der Waals surface area contributed by atoms with E-state index >= 15 is 0 Å². The highest BCUT2D eigenvalue weighted by molar-refractivity contribution is 14.1. The monoisotopic (exact) mass is 582 g/mol. The molecule has 5 rings (SSSR count). The molecule has 1 heterocycles. The third-order valence-electron chi connectivity index (χ3n) is 6.60. The summed E-state index contributed by atoms with van der Waals surface area (Å²) in [5, 5.41) is 12.1. The number of hydrogen-bond donors (Lipinski definition) is 2. The third kappa shape index (κ3) is 4.50. The van der Waals surface area contributed by atoms with E-state index in [0.717, 1.165) is 22.3 Å². The number of anilines is 1. The molecule has 1 atom stereocenters. The van der Waals surface area contributed by atoms with Gasteiger partial charge in [-0.25, -0.2) is 9.59 Å². The molecule has 2 amide bonds. The zero-order chi connectivity index (χ0) is 24.5. The van der Waals surface area contributed by atoms with Crippen LogP contribution in [0.4, 0.5) is 10.5 Å². The molecule has 3 aromatic rings. The lowest BCUT2D eigenvalue weighted by atomic mass is 9.98. The average molecular weight is 582 g/mol. The van der Waals surface area contributed by atoms with Crippen LogP contribution in [0, 0.1) is 3.57 Å². The molecule has 2 aliphatic rings. The van der Waals surface area contributed by atoms with Crippen LogP contribution in [-0.4, -0.2) is 47.2 Å². The molecule has 35 heavy (non-hydrogen) atoms. The van der Waals surface area contributed by atoms with Crippen LogP contribution in [0.2, 0.25) is 0 Å². The van der Waals surface area contributed by atoms with Gasteiger partial charge >= 0.3 is 12.1 Å².